The fraction of sp³-hybridized carbons (Fsp3) is 0.355. The lowest BCUT2D eigenvalue weighted by Crippen LogP contribution is -2.64. The smallest absolute Gasteiger partial charge is 0.407 e. The van der Waals surface area contributed by atoms with Crippen LogP contribution >= 0.6 is 34.8 Å². The van der Waals surface area contributed by atoms with Crippen LogP contribution in [0.4, 0.5) is 4.79 Å². The van der Waals surface area contributed by atoms with Crippen LogP contribution < -0.4 is 5.32 Å². The van der Waals surface area contributed by atoms with Gasteiger partial charge in [0, 0.05) is 17.4 Å². The molecule has 11 heteroatoms. The number of benzene rings is 3. The topological polar surface area (TPSA) is 99.1 Å². The van der Waals surface area contributed by atoms with Gasteiger partial charge in [-0.05, 0) is 22.3 Å². The highest BCUT2D eigenvalue weighted by Gasteiger charge is 2.50. The van der Waals surface area contributed by atoms with Gasteiger partial charge in [-0.25, -0.2) is 4.79 Å². The van der Waals surface area contributed by atoms with E-state index in [0.717, 1.165) is 27.8 Å². The standard InChI is InChI=1S/C31H29Cl3N2O6/c1-17-25(36-30(37)39-15-23-21-13-7-5-11-19(21)20-12-6-8-14-22(20)23)28(42-29(35)31(32,33)34)40-24-16-38-27(41-26(17)24)18-9-3-2-4-10-18/h2-14,17,23-28,35H,15-16H2,1H3,(H,36,37)/t17-,24?,25?,26+,27?,28-/m1/s1. The molecule has 3 unspecified atom stereocenters. The highest BCUT2D eigenvalue weighted by molar-refractivity contribution is 6.76. The Morgan fingerprint density at radius 1 is 0.952 bits per heavy atom. The molecule has 0 aromatic heterocycles. The molecule has 0 radical (unpaired) electrons. The summed E-state index contributed by atoms with van der Waals surface area (Å²) in [6.07, 6.45) is -3.45. The molecule has 6 atom stereocenters. The number of ether oxygens (including phenoxy) is 5. The summed E-state index contributed by atoms with van der Waals surface area (Å²) < 4.78 is 27.7. The predicted octanol–water partition coefficient (Wildman–Crippen LogP) is 6.73. The molecule has 0 spiro atoms. The van der Waals surface area contributed by atoms with Crippen molar-refractivity contribution in [2.24, 2.45) is 5.92 Å². The van der Waals surface area contributed by atoms with Crippen molar-refractivity contribution in [3.8, 4) is 11.1 Å². The Hall–Kier alpha value is -2.85. The molecular formula is C31H29Cl3N2O6. The predicted molar refractivity (Wildman–Crippen MR) is 159 cm³/mol. The molecule has 2 fully saturated rings. The third-order valence-corrected chi connectivity index (χ3v) is 8.45. The van der Waals surface area contributed by atoms with E-state index in [1.807, 2.05) is 61.5 Å². The average molecular weight is 632 g/mol. The van der Waals surface area contributed by atoms with Gasteiger partial charge in [-0.2, -0.15) is 0 Å². The van der Waals surface area contributed by atoms with Crippen LogP contribution in [-0.4, -0.2) is 53.5 Å². The fourth-order valence-corrected chi connectivity index (χ4v) is 6.01. The van der Waals surface area contributed by atoms with E-state index in [1.54, 1.807) is 0 Å². The van der Waals surface area contributed by atoms with Gasteiger partial charge in [0.2, 0.25) is 12.2 Å². The van der Waals surface area contributed by atoms with E-state index in [1.165, 1.54) is 0 Å². The fourth-order valence-electron chi connectivity index (χ4n) is 5.88. The number of carbonyl (C=O) groups excluding carboxylic acids is 1. The number of hydrogen-bond acceptors (Lipinski definition) is 7. The summed E-state index contributed by atoms with van der Waals surface area (Å²) in [6, 6.07) is 25.0. The maximum atomic E-state index is 13.3. The second kappa shape index (κ2) is 12.0. The Balaban J connectivity index is 1.18. The number of fused-ring (bicyclic) bond motifs is 4. The molecule has 1 aliphatic carbocycles. The molecule has 0 bridgehead atoms. The third-order valence-electron chi connectivity index (χ3n) is 7.94. The van der Waals surface area contributed by atoms with Gasteiger partial charge in [0.05, 0.1) is 18.8 Å². The van der Waals surface area contributed by atoms with E-state index in [0.29, 0.717) is 0 Å². The Bertz CT molecular complexity index is 1410. The van der Waals surface area contributed by atoms with Gasteiger partial charge in [-0.3, -0.25) is 5.41 Å². The number of halogens is 3. The molecule has 2 aliphatic heterocycles. The van der Waals surface area contributed by atoms with Crippen LogP contribution in [0.15, 0.2) is 78.9 Å². The summed E-state index contributed by atoms with van der Waals surface area (Å²) in [7, 11) is 0. The van der Waals surface area contributed by atoms with Gasteiger partial charge in [0.25, 0.3) is 3.79 Å². The van der Waals surface area contributed by atoms with E-state index in [4.69, 9.17) is 63.9 Å². The lowest BCUT2D eigenvalue weighted by atomic mass is 9.88. The molecule has 2 heterocycles. The van der Waals surface area contributed by atoms with Crippen molar-refractivity contribution in [3.05, 3.63) is 95.6 Å². The van der Waals surface area contributed by atoms with Crippen LogP contribution in [0.1, 0.15) is 35.8 Å². The van der Waals surface area contributed by atoms with Crippen molar-refractivity contribution in [1.82, 2.24) is 5.32 Å². The van der Waals surface area contributed by atoms with Crippen molar-refractivity contribution in [2.75, 3.05) is 13.2 Å². The zero-order valence-corrected chi connectivity index (χ0v) is 24.8. The van der Waals surface area contributed by atoms with E-state index in [-0.39, 0.29) is 25.0 Å². The lowest BCUT2D eigenvalue weighted by Gasteiger charge is -2.48. The van der Waals surface area contributed by atoms with E-state index < -0.39 is 46.6 Å². The molecule has 1 amide bonds. The van der Waals surface area contributed by atoms with Crippen molar-refractivity contribution < 1.29 is 28.5 Å². The third kappa shape index (κ3) is 5.84. The van der Waals surface area contributed by atoms with Crippen LogP contribution in [0, 0.1) is 11.3 Å². The van der Waals surface area contributed by atoms with E-state index in [9.17, 15) is 4.79 Å². The van der Waals surface area contributed by atoms with Gasteiger partial charge < -0.3 is 29.0 Å². The van der Waals surface area contributed by atoms with Crippen LogP contribution in [0.2, 0.25) is 0 Å². The summed E-state index contributed by atoms with van der Waals surface area (Å²) in [5.41, 5.74) is 5.32. The van der Waals surface area contributed by atoms with Crippen molar-refractivity contribution in [3.63, 3.8) is 0 Å². The molecule has 6 rings (SSSR count). The number of rotatable bonds is 5. The minimum absolute atomic E-state index is 0.109. The SMILES string of the molecule is C[C@@H]1C(NC(=O)OCC2c3ccccc3-c3ccccc32)[C@@H](OC(=N)C(Cl)(Cl)Cl)OC2COC(c3ccccc3)O[C@H]21. The summed E-state index contributed by atoms with van der Waals surface area (Å²) in [5.74, 6) is -1.10. The quantitative estimate of drug-likeness (QED) is 0.184. The largest absolute Gasteiger partial charge is 0.449 e. The van der Waals surface area contributed by atoms with Crippen LogP contribution in [-0.2, 0) is 23.7 Å². The highest BCUT2D eigenvalue weighted by atomic mass is 35.6. The van der Waals surface area contributed by atoms with Crippen molar-refractivity contribution >= 4 is 46.8 Å². The average Bonchev–Trinajstić information content (AvgIpc) is 3.31. The summed E-state index contributed by atoms with van der Waals surface area (Å²) in [4.78, 5) is 13.3. The summed E-state index contributed by atoms with van der Waals surface area (Å²) in [6.45, 7) is 2.23. The van der Waals surface area contributed by atoms with E-state index in [2.05, 4.69) is 29.6 Å². The first-order chi connectivity index (χ1) is 20.2. The number of alkyl carbamates (subject to hydrolysis) is 1. The first kappa shape index (κ1) is 29.2. The maximum Gasteiger partial charge on any atom is 0.407 e. The maximum absolute atomic E-state index is 13.3. The second-order valence-electron chi connectivity index (χ2n) is 10.5. The molecule has 2 saturated heterocycles. The molecule has 8 nitrogen and oxygen atoms in total. The van der Waals surface area contributed by atoms with Crippen LogP contribution in [0.5, 0.6) is 0 Å². The first-order valence-corrected chi connectivity index (χ1v) is 14.8. The Labute approximate surface area is 258 Å². The first-order valence-electron chi connectivity index (χ1n) is 13.6. The minimum Gasteiger partial charge on any atom is -0.449 e. The summed E-state index contributed by atoms with van der Waals surface area (Å²) in [5, 5.41) is 11.0. The molecule has 42 heavy (non-hydrogen) atoms. The van der Waals surface area contributed by atoms with Gasteiger partial charge in [-0.15, -0.1) is 0 Å². The van der Waals surface area contributed by atoms with Gasteiger partial charge in [0.15, 0.2) is 6.29 Å². The van der Waals surface area contributed by atoms with Gasteiger partial charge in [-0.1, -0.05) is 121 Å². The Morgan fingerprint density at radius 3 is 2.21 bits per heavy atom. The zero-order valence-electron chi connectivity index (χ0n) is 22.5. The van der Waals surface area contributed by atoms with Crippen LogP contribution in [0.3, 0.4) is 0 Å². The van der Waals surface area contributed by atoms with Gasteiger partial charge >= 0.3 is 6.09 Å². The molecule has 0 saturated carbocycles. The zero-order chi connectivity index (χ0) is 29.4. The molecule has 3 aromatic carbocycles. The number of hydrogen-bond donors (Lipinski definition) is 2. The van der Waals surface area contributed by atoms with Crippen LogP contribution in [0.25, 0.3) is 11.1 Å². The number of alkyl halides is 3. The number of amides is 1. The lowest BCUT2D eigenvalue weighted by molar-refractivity contribution is -0.326. The number of nitrogens with one attached hydrogen (secondary N) is 2. The number of carbonyl (C=O) groups is 1. The molecule has 2 N–H and O–H groups in total. The second-order valence-corrected chi connectivity index (χ2v) is 12.8. The molecule has 3 aromatic rings. The van der Waals surface area contributed by atoms with E-state index >= 15 is 0 Å². The molecular weight excluding hydrogens is 603 g/mol. The normalized spacial score (nSPS) is 26.9. The Morgan fingerprint density at radius 2 is 1.57 bits per heavy atom. The summed E-state index contributed by atoms with van der Waals surface area (Å²) >= 11 is 17.7. The minimum atomic E-state index is -2.12. The van der Waals surface area contributed by atoms with Crippen molar-refractivity contribution in [2.45, 2.75) is 47.5 Å². The van der Waals surface area contributed by atoms with Crippen molar-refractivity contribution in [1.29, 1.82) is 5.41 Å². The Kier molecular flexibility index (Phi) is 8.37. The van der Waals surface area contributed by atoms with Gasteiger partial charge in [0.1, 0.15) is 12.7 Å². The monoisotopic (exact) mass is 630 g/mol. The molecule has 220 valence electrons. The highest BCUT2D eigenvalue weighted by Crippen LogP contribution is 2.44. The molecule has 3 aliphatic rings.